The molecule has 0 unspecified atom stereocenters. The van der Waals surface area contributed by atoms with Crippen molar-refractivity contribution in [2.45, 2.75) is 40.5 Å². The van der Waals surface area contributed by atoms with Gasteiger partial charge in [0, 0.05) is 0 Å². The van der Waals surface area contributed by atoms with Crippen molar-refractivity contribution in [3.8, 4) is 0 Å². The van der Waals surface area contributed by atoms with Crippen molar-refractivity contribution in [3.63, 3.8) is 0 Å². The van der Waals surface area contributed by atoms with Crippen LogP contribution in [0.3, 0.4) is 0 Å². The van der Waals surface area contributed by atoms with Crippen molar-refractivity contribution in [3.05, 3.63) is 0 Å². The normalized spacial score (nSPS) is 11.2. The SMILES string of the molecule is CC(C)COC(=O)C(C)(C)COC(=O)CCC(=O)O. The fourth-order valence-electron chi connectivity index (χ4n) is 1.04. The number of hydrogen-bond acceptors (Lipinski definition) is 5. The van der Waals surface area contributed by atoms with Gasteiger partial charge < -0.3 is 14.6 Å². The zero-order valence-corrected chi connectivity index (χ0v) is 11.9. The number of carboxylic acid groups (broad SMARTS) is 1. The molecule has 6 heteroatoms. The number of carbonyl (C=O) groups is 3. The lowest BCUT2D eigenvalue weighted by Gasteiger charge is -2.22. The molecule has 0 aliphatic carbocycles. The molecular formula is C13H22O6. The van der Waals surface area contributed by atoms with Crippen LogP contribution in [0.2, 0.25) is 0 Å². The third-order valence-corrected chi connectivity index (χ3v) is 2.24. The lowest BCUT2D eigenvalue weighted by Crippen LogP contribution is -2.33. The first-order chi connectivity index (χ1) is 8.65. The van der Waals surface area contributed by atoms with E-state index in [-0.39, 0.29) is 25.4 Å². The molecule has 0 rings (SSSR count). The van der Waals surface area contributed by atoms with E-state index < -0.39 is 23.3 Å². The van der Waals surface area contributed by atoms with Crippen LogP contribution in [0.1, 0.15) is 40.5 Å². The predicted octanol–water partition coefficient (Wildman–Crippen LogP) is 1.62. The van der Waals surface area contributed by atoms with Gasteiger partial charge in [0.05, 0.1) is 24.9 Å². The van der Waals surface area contributed by atoms with Crippen LogP contribution in [0.4, 0.5) is 0 Å². The van der Waals surface area contributed by atoms with Crippen molar-refractivity contribution in [2.24, 2.45) is 11.3 Å². The molecule has 0 heterocycles. The Bertz CT molecular complexity index is 332. The Kier molecular flexibility index (Phi) is 7.11. The molecule has 0 aromatic carbocycles. The highest BCUT2D eigenvalue weighted by Gasteiger charge is 2.31. The van der Waals surface area contributed by atoms with Gasteiger partial charge in [-0.05, 0) is 19.8 Å². The number of esters is 2. The maximum atomic E-state index is 11.7. The van der Waals surface area contributed by atoms with Crippen LogP contribution in [0.5, 0.6) is 0 Å². The average molecular weight is 274 g/mol. The monoisotopic (exact) mass is 274 g/mol. The second kappa shape index (κ2) is 7.76. The predicted molar refractivity (Wildman–Crippen MR) is 67.4 cm³/mol. The van der Waals surface area contributed by atoms with Gasteiger partial charge in [-0.15, -0.1) is 0 Å². The first kappa shape index (κ1) is 17.4. The maximum absolute atomic E-state index is 11.7. The molecule has 0 fully saturated rings. The summed E-state index contributed by atoms with van der Waals surface area (Å²) in [5.41, 5.74) is -0.937. The van der Waals surface area contributed by atoms with Gasteiger partial charge in [-0.2, -0.15) is 0 Å². The largest absolute Gasteiger partial charge is 0.481 e. The third kappa shape index (κ3) is 8.18. The van der Waals surface area contributed by atoms with Crippen LogP contribution in [0.15, 0.2) is 0 Å². The van der Waals surface area contributed by atoms with Crippen molar-refractivity contribution >= 4 is 17.9 Å². The van der Waals surface area contributed by atoms with E-state index in [9.17, 15) is 14.4 Å². The number of carbonyl (C=O) groups excluding carboxylic acids is 2. The Morgan fingerprint density at radius 3 is 2.16 bits per heavy atom. The van der Waals surface area contributed by atoms with Gasteiger partial charge in [0.2, 0.25) is 0 Å². The summed E-state index contributed by atoms with van der Waals surface area (Å²) in [6.45, 7) is 7.26. The first-order valence-corrected chi connectivity index (χ1v) is 6.20. The standard InChI is InChI=1S/C13H22O6/c1-9(2)7-18-12(17)13(3,4)8-19-11(16)6-5-10(14)15/h9H,5-8H2,1-4H3,(H,14,15). The van der Waals surface area contributed by atoms with E-state index in [2.05, 4.69) is 0 Å². The fraction of sp³-hybridized carbons (Fsp3) is 0.769. The molecule has 0 saturated carbocycles. The molecule has 0 aliphatic rings. The van der Waals surface area contributed by atoms with E-state index in [4.69, 9.17) is 14.6 Å². The molecule has 0 aromatic rings. The molecule has 1 N–H and O–H groups in total. The summed E-state index contributed by atoms with van der Waals surface area (Å²) >= 11 is 0. The number of carboxylic acids is 1. The van der Waals surface area contributed by atoms with Crippen molar-refractivity contribution in [2.75, 3.05) is 13.2 Å². The molecule has 19 heavy (non-hydrogen) atoms. The smallest absolute Gasteiger partial charge is 0.314 e. The fourth-order valence-corrected chi connectivity index (χ4v) is 1.04. The third-order valence-electron chi connectivity index (χ3n) is 2.24. The van der Waals surface area contributed by atoms with E-state index in [0.717, 1.165) is 0 Å². The number of aliphatic carboxylic acids is 1. The zero-order valence-electron chi connectivity index (χ0n) is 11.9. The van der Waals surface area contributed by atoms with Crippen LogP contribution in [-0.4, -0.2) is 36.2 Å². The van der Waals surface area contributed by atoms with E-state index in [1.807, 2.05) is 13.8 Å². The Labute approximate surface area is 113 Å². The quantitative estimate of drug-likeness (QED) is 0.676. The summed E-state index contributed by atoms with van der Waals surface area (Å²) in [6, 6.07) is 0. The second-order valence-corrected chi connectivity index (χ2v) is 5.43. The molecule has 0 aromatic heterocycles. The Hall–Kier alpha value is -1.59. The van der Waals surface area contributed by atoms with Gasteiger partial charge in [-0.25, -0.2) is 0 Å². The summed E-state index contributed by atoms with van der Waals surface area (Å²) in [6.07, 6.45) is -0.483. The minimum Gasteiger partial charge on any atom is -0.481 e. The molecule has 0 radical (unpaired) electrons. The first-order valence-electron chi connectivity index (χ1n) is 6.20. The summed E-state index contributed by atoms with van der Waals surface area (Å²) in [7, 11) is 0. The summed E-state index contributed by atoms with van der Waals surface area (Å²) < 4.78 is 9.96. The molecule has 0 aliphatic heterocycles. The molecule has 0 atom stereocenters. The highest BCUT2D eigenvalue weighted by molar-refractivity contribution is 5.78. The number of ether oxygens (including phenoxy) is 2. The summed E-state index contributed by atoms with van der Waals surface area (Å²) in [4.78, 5) is 33.3. The van der Waals surface area contributed by atoms with Crippen LogP contribution in [-0.2, 0) is 23.9 Å². The summed E-state index contributed by atoms with van der Waals surface area (Å²) in [5.74, 6) is -1.90. The summed E-state index contributed by atoms with van der Waals surface area (Å²) in [5, 5.41) is 8.42. The van der Waals surface area contributed by atoms with Crippen molar-refractivity contribution in [1.29, 1.82) is 0 Å². The lowest BCUT2D eigenvalue weighted by molar-refractivity contribution is -0.163. The Balaban J connectivity index is 4.10. The van der Waals surface area contributed by atoms with Gasteiger partial charge >= 0.3 is 17.9 Å². The molecule has 0 saturated heterocycles. The van der Waals surface area contributed by atoms with Gasteiger partial charge in [-0.1, -0.05) is 13.8 Å². The zero-order chi connectivity index (χ0) is 15.1. The minimum absolute atomic E-state index is 0.123. The van der Waals surface area contributed by atoms with Crippen LogP contribution in [0.25, 0.3) is 0 Å². The van der Waals surface area contributed by atoms with E-state index in [0.29, 0.717) is 6.61 Å². The van der Waals surface area contributed by atoms with E-state index >= 15 is 0 Å². The molecule has 0 bridgehead atoms. The van der Waals surface area contributed by atoms with Crippen LogP contribution in [0, 0.1) is 11.3 Å². The van der Waals surface area contributed by atoms with Crippen LogP contribution >= 0.6 is 0 Å². The number of hydrogen-bond donors (Lipinski definition) is 1. The molecule has 0 amide bonds. The van der Waals surface area contributed by atoms with Gasteiger partial charge in [0.1, 0.15) is 6.61 Å². The van der Waals surface area contributed by atoms with Gasteiger partial charge in [-0.3, -0.25) is 14.4 Å². The average Bonchev–Trinajstić information content (AvgIpc) is 2.30. The molecule has 110 valence electrons. The molecule has 0 spiro atoms. The molecular weight excluding hydrogens is 252 g/mol. The number of rotatable bonds is 8. The Morgan fingerprint density at radius 1 is 1.11 bits per heavy atom. The highest BCUT2D eigenvalue weighted by atomic mass is 16.6. The van der Waals surface area contributed by atoms with E-state index in [1.165, 1.54) is 0 Å². The second-order valence-electron chi connectivity index (χ2n) is 5.43. The topological polar surface area (TPSA) is 89.9 Å². The van der Waals surface area contributed by atoms with Crippen molar-refractivity contribution in [1.82, 2.24) is 0 Å². The lowest BCUT2D eigenvalue weighted by atomic mass is 9.95. The highest BCUT2D eigenvalue weighted by Crippen LogP contribution is 2.18. The van der Waals surface area contributed by atoms with Crippen LogP contribution < -0.4 is 0 Å². The van der Waals surface area contributed by atoms with Crippen molar-refractivity contribution < 1.29 is 29.0 Å². The maximum Gasteiger partial charge on any atom is 0.314 e. The molecule has 6 nitrogen and oxygen atoms in total. The van der Waals surface area contributed by atoms with Gasteiger partial charge in [0.15, 0.2) is 0 Å². The minimum atomic E-state index is -1.06. The van der Waals surface area contributed by atoms with Gasteiger partial charge in [0.25, 0.3) is 0 Å². The Morgan fingerprint density at radius 2 is 1.68 bits per heavy atom. The van der Waals surface area contributed by atoms with E-state index in [1.54, 1.807) is 13.8 Å².